The van der Waals surface area contributed by atoms with Gasteiger partial charge in [0.1, 0.15) is 11.9 Å². The van der Waals surface area contributed by atoms with Crippen molar-refractivity contribution < 1.29 is 17.9 Å². The Labute approximate surface area is 203 Å². The topological polar surface area (TPSA) is 38.5 Å². The van der Waals surface area contributed by atoms with E-state index < -0.39 is 11.7 Å². The van der Waals surface area contributed by atoms with Crippen molar-refractivity contribution in [2.75, 3.05) is 6.54 Å². The maximum Gasteiger partial charge on any atom is 0.416 e. The smallest absolute Gasteiger partial charge is 0.416 e. The van der Waals surface area contributed by atoms with E-state index in [0.717, 1.165) is 34.0 Å². The highest BCUT2D eigenvalue weighted by Crippen LogP contribution is 2.32. The molecule has 0 aromatic heterocycles. The number of fused-ring (bicyclic) bond motifs is 1. The number of halogens is 3. The quantitative estimate of drug-likeness (QED) is 0.259. The Morgan fingerprint density at radius 2 is 1.49 bits per heavy atom. The average Bonchev–Trinajstić information content (AvgIpc) is 2.85. The Hall–Kier alpha value is -3.35. The van der Waals surface area contributed by atoms with Crippen LogP contribution in [0.1, 0.15) is 36.1 Å². The van der Waals surface area contributed by atoms with E-state index in [0.29, 0.717) is 25.3 Å². The predicted octanol–water partition coefficient (Wildman–Crippen LogP) is 7.18. The van der Waals surface area contributed by atoms with Crippen molar-refractivity contribution >= 4 is 10.8 Å². The van der Waals surface area contributed by atoms with Gasteiger partial charge in [-0.25, -0.2) is 0 Å². The van der Waals surface area contributed by atoms with Crippen molar-refractivity contribution in [1.82, 2.24) is 4.90 Å². The third-order valence-corrected chi connectivity index (χ3v) is 6.09. The zero-order chi connectivity index (χ0) is 24.8. The Bertz CT molecular complexity index is 1220. The zero-order valence-electron chi connectivity index (χ0n) is 19.6. The molecule has 0 aliphatic heterocycles. The van der Waals surface area contributed by atoms with E-state index in [1.807, 2.05) is 61.5 Å². The highest BCUT2D eigenvalue weighted by Gasteiger charge is 2.30. The summed E-state index contributed by atoms with van der Waals surface area (Å²) in [7, 11) is 0. The number of rotatable bonds is 9. The van der Waals surface area contributed by atoms with Gasteiger partial charge in [0.15, 0.2) is 0 Å². The van der Waals surface area contributed by atoms with Crippen LogP contribution in [0.15, 0.2) is 97.1 Å². The first-order chi connectivity index (χ1) is 16.8. The van der Waals surface area contributed by atoms with Crippen LogP contribution in [0.25, 0.3) is 10.8 Å². The van der Waals surface area contributed by atoms with E-state index in [4.69, 9.17) is 10.5 Å². The summed E-state index contributed by atoms with van der Waals surface area (Å²) in [5, 5.41) is 2.20. The first-order valence-corrected chi connectivity index (χ1v) is 11.7. The van der Waals surface area contributed by atoms with Crippen molar-refractivity contribution in [3.8, 4) is 5.75 Å². The average molecular weight is 479 g/mol. The van der Waals surface area contributed by atoms with Gasteiger partial charge in [-0.05, 0) is 59.2 Å². The molecule has 0 aliphatic carbocycles. The molecule has 0 saturated carbocycles. The first-order valence-electron chi connectivity index (χ1n) is 11.7. The van der Waals surface area contributed by atoms with Crippen molar-refractivity contribution in [3.63, 3.8) is 0 Å². The molecule has 2 N–H and O–H groups in total. The van der Waals surface area contributed by atoms with Gasteiger partial charge in [0.2, 0.25) is 0 Å². The second kappa shape index (κ2) is 10.9. The van der Waals surface area contributed by atoms with Gasteiger partial charge in [-0.2, -0.15) is 13.2 Å². The summed E-state index contributed by atoms with van der Waals surface area (Å²) in [5.41, 5.74) is 7.70. The molecule has 0 amide bonds. The lowest BCUT2D eigenvalue weighted by Gasteiger charge is -2.29. The lowest BCUT2D eigenvalue weighted by molar-refractivity contribution is -0.137. The second-order valence-corrected chi connectivity index (χ2v) is 8.72. The molecule has 2 atom stereocenters. The van der Waals surface area contributed by atoms with Gasteiger partial charge in [0.05, 0.1) is 11.7 Å². The maximum atomic E-state index is 13.0. The molecule has 0 spiro atoms. The van der Waals surface area contributed by atoms with Crippen LogP contribution in [-0.2, 0) is 12.7 Å². The Morgan fingerprint density at radius 1 is 0.829 bits per heavy atom. The Morgan fingerprint density at radius 3 is 2.14 bits per heavy atom. The number of hydrogen-bond donors (Lipinski definition) is 1. The SMILES string of the molecule is CC(N)N(CCC(Oc1ccc(C(F)(F)F)cc1)c1ccc2ccccc2c1)Cc1ccccc1. The predicted molar refractivity (Wildman–Crippen MR) is 134 cm³/mol. The van der Waals surface area contributed by atoms with E-state index in [1.165, 1.54) is 12.1 Å². The molecule has 0 aliphatic rings. The van der Waals surface area contributed by atoms with Gasteiger partial charge < -0.3 is 10.5 Å². The van der Waals surface area contributed by atoms with E-state index >= 15 is 0 Å². The summed E-state index contributed by atoms with van der Waals surface area (Å²) in [6.45, 7) is 3.30. The monoisotopic (exact) mass is 478 g/mol. The minimum absolute atomic E-state index is 0.168. The number of hydrogen-bond acceptors (Lipinski definition) is 3. The van der Waals surface area contributed by atoms with Crippen LogP contribution in [0.4, 0.5) is 13.2 Å². The molecule has 4 aromatic carbocycles. The minimum atomic E-state index is -4.38. The van der Waals surface area contributed by atoms with Crippen LogP contribution in [0.3, 0.4) is 0 Å². The summed E-state index contributed by atoms with van der Waals surface area (Å²) < 4.78 is 45.3. The molecule has 0 fully saturated rings. The number of ether oxygens (including phenoxy) is 1. The molecule has 2 unspecified atom stereocenters. The van der Waals surface area contributed by atoms with Crippen LogP contribution in [0.5, 0.6) is 5.75 Å². The molecule has 182 valence electrons. The van der Waals surface area contributed by atoms with E-state index in [1.54, 1.807) is 0 Å². The minimum Gasteiger partial charge on any atom is -0.486 e. The first kappa shape index (κ1) is 24.8. The van der Waals surface area contributed by atoms with Gasteiger partial charge in [0.25, 0.3) is 0 Å². The van der Waals surface area contributed by atoms with Crippen LogP contribution < -0.4 is 10.5 Å². The molecule has 3 nitrogen and oxygen atoms in total. The van der Waals surface area contributed by atoms with Gasteiger partial charge in [0, 0.05) is 19.5 Å². The number of nitrogens with two attached hydrogens (primary N) is 1. The highest BCUT2D eigenvalue weighted by molar-refractivity contribution is 5.83. The highest BCUT2D eigenvalue weighted by atomic mass is 19.4. The summed E-state index contributed by atoms with van der Waals surface area (Å²) in [4.78, 5) is 2.17. The molecule has 0 saturated heterocycles. The van der Waals surface area contributed by atoms with Crippen LogP contribution in [0.2, 0.25) is 0 Å². The standard InChI is InChI=1S/C29H29F3N2O/c1-21(33)34(20-22-7-3-2-4-8-22)18-17-28(25-12-11-23-9-5-6-10-24(23)19-25)35-27-15-13-26(14-16-27)29(30,31)32/h2-16,19,21,28H,17-18,20,33H2,1H3. The maximum absolute atomic E-state index is 13.0. The van der Waals surface area contributed by atoms with Crippen molar-refractivity contribution in [2.45, 2.75) is 38.3 Å². The van der Waals surface area contributed by atoms with Gasteiger partial charge in [-0.1, -0.05) is 66.7 Å². The Kier molecular flexibility index (Phi) is 7.73. The van der Waals surface area contributed by atoms with E-state index in [-0.39, 0.29) is 12.3 Å². The van der Waals surface area contributed by atoms with Gasteiger partial charge in [-0.15, -0.1) is 0 Å². The molecule has 35 heavy (non-hydrogen) atoms. The molecular formula is C29H29F3N2O. The van der Waals surface area contributed by atoms with Crippen molar-refractivity contribution in [1.29, 1.82) is 0 Å². The summed E-state index contributed by atoms with van der Waals surface area (Å²) >= 11 is 0. The molecule has 0 bridgehead atoms. The molecule has 4 rings (SSSR count). The lowest BCUT2D eigenvalue weighted by atomic mass is 10.0. The lowest BCUT2D eigenvalue weighted by Crippen LogP contribution is -2.40. The van der Waals surface area contributed by atoms with Gasteiger partial charge >= 0.3 is 6.18 Å². The summed E-state index contributed by atoms with van der Waals surface area (Å²) in [5.74, 6) is 0.395. The number of alkyl halides is 3. The third-order valence-electron chi connectivity index (χ3n) is 6.09. The Balaban J connectivity index is 1.57. The van der Waals surface area contributed by atoms with Crippen molar-refractivity contribution in [3.05, 3.63) is 114 Å². The van der Waals surface area contributed by atoms with Crippen LogP contribution in [0, 0.1) is 0 Å². The largest absolute Gasteiger partial charge is 0.486 e. The fourth-order valence-electron chi connectivity index (χ4n) is 4.12. The van der Waals surface area contributed by atoms with Crippen molar-refractivity contribution in [2.24, 2.45) is 5.73 Å². The van der Waals surface area contributed by atoms with E-state index in [2.05, 4.69) is 23.1 Å². The molecule has 0 radical (unpaired) electrons. The molecular weight excluding hydrogens is 449 g/mol. The summed E-state index contributed by atoms with van der Waals surface area (Å²) in [6, 6.07) is 29.2. The van der Waals surface area contributed by atoms with Gasteiger partial charge in [-0.3, -0.25) is 4.90 Å². The normalized spacial score (nSPS) is 13.7. The molecule has 6 heteroatoms. The fraction of sp³-hybridized carbons (Fsp3) is 0.241. The molecule has 0 heterocycles. The third kappa shape index (κ3) is 6.62. The number of nitrogens with zero attached hydrogens (tertiary/aromatic N) is 1. The zero-order valence-corrected chi connectivity index (χ0v) is 19.6. The van der Waals surface area contributed by atoms with Crippen LogP contribution in [-0.4, -0.2) is 17.6 Å². The number of benzene rings is 4. The fourth-order valence-corrected chi connectivity index (χ4v) is 4.12. The molecule has 4 aromatic rings. The second-order valence-electron chi connectivity index (χ2n) is 8.72. The van der Waals surface area contributed by atoms with Crippen LogP contribution >= 0.6 is 0 Å². The van der Waals surface area contributed by atoms with E-state index in [9.17, 15) is 13.2 Å². The summed E-state index contributed by atoms with van der Waals surface area (Å²) in [6.07, 6.45) is -4.29.